The van der Waals surface area contributed by atoms with E-state index in [-0.39, 0.29) is 5.76 Å². The smallest absolute Gasteiger partial charge is 0.373 e. The minimum atomic E-state index is -0.519. The van der Waals surface area contributed by atoms with Gasteiger partial charge in [0.2, 0.25) is 5.76 Å². The first-order chi connectivity index (χ1) is 13.0. The fourth-order valence-electron chi connectivity index (χ4n) is 2.23. The maximum absolute atomic E-state index is 11.4. The number of ether oxygens (including phenoxy) is 2. The van der Waals surface area contributed by atoms with Crippen LogP contribution in [0.3, 0.4) is 0 Å². The summed E-state index contributed by atoms with van der Waals surface area (Å²) in [5, 5.41) is 9.05. The van der Waals surface area contributed by atoms with Gasteiger partial charge in [-0.1, -0.05) is 23.4 Å². The Morgan fingerprint density at radius 1 is 1.26 bits per heavy atom. The second-order valence-electron chi connectivity index (χ2n) is 5.62. The van der Waals surface area contributed by atoms with Crippen molar-refractivity contribution >= 4 is 29.3 Å². The van der Waals surface area contributed by atoms with Crippen LogP contribution in [0.15, 0.2) is 44.4 Å². The zero-order valence-electron chi connectivity index (χ0n) is 14.9. The summed E-state index contributed by atoms with van der Waals surface area (Å²) in [4.78, 5) is 11.4. The first kappa shape index (κ1) is 19.3. The van der Waals surface area contributed by atoms with Crippen LogP contribution in [0.25, 0.3) is 0 Å². The van der Waals surface area contributed by atoms with Crippen molar-refractivity contribution in [3.8, 4) is 5.75 Å². The number of methoxy groups -OCH3 is 1. The van der Waals surface area contributed by atoms with Crippen LogP contribution in [0.4, 0.5) is 0 Å². The molecule has 1 unspecified atom stereocenters. The van der Waals surface area contributed by atoms with Gasteiger partial charge >= 0.3 is 5.97 Å². The van der Waals surface area contributed by atoms with Gasteiger partial charge < -0.3 is 18.3 Å². The van der Waals surface area contributed by atoms with Crippen molar-refractivity contribution in [1.82, 2.24) is 10.2 Å². The lowest BCUT2D eigenvalue weighted by Gasteiger charge is -2.13. The molecule has 0 saturated heterocycles. The van der Waals surface area contributed by atoms with Gasteiger partial charge in [0.05, 0.1) is 12.9 Å². The van der Waals surface area contributed by atoms with Crippen LogP contribution in [-0.2, 0) is 10.5 Å². The summed E-state index contributed by atoms with van der Waals surface area (Å²) >= 11 is 7.25. The van der Waals surface area contributed by atoms with Gasteiger partial charge in [-0.05, 0) is 49.7 Å². The number of halogens is 1. The van der Waals surface area contributed by atoms with Crippen molar-refractivity contribution in [2.45, 2.75) is 30.9 Å². The van der Waals surface area contributed by atoms with Crippen molar-refractivity contribution in [2.24, 2.45) is 0 Å². The summed E-state index contributed by atoms with van der Waals surface area (Å²) in [5.74, 6) is 1.73. The number of esters is 1. The molecule has 1 atom stereocenters. The Bertz CT molecular complexity index is 939. The zero-order valence-corrected chi connectivity index (χ0v) is 16.5. The molecule has 142 valence electrons. The molecule has 0 spiro atoms. The molecule has 27 heavy (non-hydrogen) atoms. The van der Waals surface area contributed by atoms with Gasteiger partial charge in [0.15, 0.2) is 6.10 Å². The van der Waals surface area contributed by atoms with Gasteiger partial charge in [-0.3, -0.25) is 0 Å². The number of hydrogen-bond acceptors (Lipinski definition) is 8. The van der Waals surface area contributed by atoms with E-state index >= 15 is 0 Å². The van der Waals surface area contributed by atoms with E-state index in [0.29, 0.717) is 33.4 Å². The second kappa shape index (κ2) is 8.49. The molecule has 9 heteroatoms. The Hall–Kier alpha value is -2.45. The lowest BCUT2D eigenvalue weighted by Crippen LogP contribution is -2.04. The number of rotatable bonds is 7. The van der Waals surface area contributed by atoms with E-state index in [1.165, 1.54) is 18.9 Å². The molecular formula is C18H17ClN2O5S. The molecule has 0 radical (unpaired) electrons. The van der Waals surface area contributed by atoms with Crippen LogP contribution >= 0.6 is 23.4 Å². The van der Waals surface area contributed by atoms with Gasteiger partial charge in [0.1, 0.15) is 11.5 Å². The van der Waals surface area contributed by atoms with E-state index in [9.17, 15) is 4.79 Å². The highest BCUT2D eigenvalue weighted by Gasteiger charge is 2.18. The number of aromatic nitrogens is 2. The molecule has 7 nitrogen and oxygen atoms in total. The molecule has 3 rings (SSSR count). The van der Waals surface area contributed by atoms with Gasteiger partial charge in [-0.15, -0.1) is 10.2 Å². The highest BCUT2D eigenvalue weighted by atomic mass is 35.5. The lowest BCUT2D eigenvalue weighted by atomic mass is 10.2. The molecule has 2 aromatic heterocycles. The number of furan rings is 1. The van der Waals surface area contributed by atoms with E-state index in [1.807, 2.05) is 19.9 Å². The van der Waals surface area contributed by atoms with Crippen LogP contribution in [-0.4, -0.2) is 23.3 Å². The summed E-state index contributed by atoms with van der Waals surface area (Å²) < 4.78 is 21.5. The molecular weight excluding hydrogens is 392 g/mol. The molecule has 0 bridgehead atoms. The van der Waals surface area contributed by atoms with Crippen LogP contribution in [0.5, 0.6) is 5.75 Å². The first-order valence-corrected chi connectivity index (χ1v) is 9.38. The average molecular weight is 409 g/mol. The predicted molar refractivity (Wildman–Crippen MR) is 99.1 cm³/mol. The third-order valence-corrected chi connectivity index (χ3v) is 4.67. The number of thioether (sulfide) groups is 1. The van der Waals surface area contributed by atoms with Gasteiger partial charge in [-0.25, -0.2) is 4.79 Å². The van der Waals surface area contributed by atoms with Gasteiger partial charge in [-0.2, -0.15) is 0 Å². The minimum absolute atomic E-state index is 0.152. The quantitative estimate of drug-likeness (QED) is 0.405. The third-order valence-electron chi connectivity index (χ3n) is 3.60. The highest BCUT2D eigenvalue weighted by Crippen LogP contribution is 2.29. The molecule has 0 aliphatic heterocycles. The summed E-state index contributed by atoms with van der Waals surface area (Å²) in [6.07, 6.45) is -0.415. The monoisotopic (exact) mass is 408 g/mol. The van der Waals surface area contributed by atoms with Crippen molar-refractivity contribution in [1.29, 1.82) is 0 Å². The largest absolute Gasteiger partial charge is 0.481 e. The highest BCUT2D eigenvalue weighted by molar-refractivity contribution is 7.98. The molecule has 0 saturated carbocycles. The molecule has 2 heterocycles. The van der Waals surface area contributed by atoms with E-state index in [0.717, 1.165) is 5.56 Å². The topological polar surface area (TPSA) is 87.6 Å². The van der Waals surface area contributed by atoms with Crippen molar-refractivity contribution in [3.05, 3.63) is 58.3 Å². The van der Waals surface area contributed by atoms with Crippen molar-refractivity contribution < 1.29 is 23.1 Å². The lowest BCUT2D eigenvalue weighted by molar-refractivity contribution is 0.0563. The average Bonchev–Trinajstić information content (AvgIpc) is 3.31. The Labute approximate surface area is 165 Å². The number of carbonyl (C=O) groups is 1. The Balaban J connectivity index is 1.59. The van der Waals surface area contributed by atoms with Gasteiger partial charge in [0.25, 0.3) is 11.1 Å². The number of carbonyl (C=O) groups excluding carboxylic acids is 1. The Morgan fingerprint density at radius 2 is 2.07 bits per heavy atom. The molecule has 0 amide bonds. The second-order valence-corrected chi connectivity index (χ2v) is 6.99. The maximum Gasteiger partial charge on any atom is 0.373 e. The molecule has 0 aliphatic rings. The van der Waals surface area contributed by atoms with E-state index in [1.54, 1.807) is 24.3 Å². The molecule has 0 N–H and O–H groups in total. The standard InChI is InChI=1S/C18H17ClN2O5S/c1-10-8-12(19)4-6-14(10)24-11(2)16-20-21-18(26-16)27-9-13-5-7-15(25-13)17(22)23-3/h4-8,11H,9H2,1-3H3. The fraction of sp³-hybridized carbons (Fsp3) is 0.278. The van der Waals surface area contributed by atoms with Gasteiger partial charge in [0, 0.05) is 5.02 Å². The normalized spacial score (nSPS) is 12.0. The van der Waals surface area contributed by atoms with Crippen LogP contribution in [0, 0.1) is 6.92 Å². The van der Waals surface area contributed by atoms with Crippen LogP contribution in [0.2, 0.25) is 5.02 Å². The number of benzene rings is 1. The molecule has 0 aliphatic carbocycles. The van der Waals surface area contributed by atoms with Crippen molar-refractivity contribution in [3.63, 3.8) is 0 Å². The summed E-state index contributed by atoms with van der Waals surface area (Å²) in [6, 6.07) is 8.65. The first-order valence-electron chi connectivity index (χ1n) is 8.02. The maximum atomic E-state index is 11.4. The number of aryl methyl sites for hydroxylation is 1. The van der Waals surface area contributed by atoms with Crippen LogP contribution in [0.1, 0.15) is 40.8 Å². The molecule has 0 fully saturated rings. The molecule has 3 aromatic rings. The molecule has 1 aromatic carbocycles. The van der Waals surface area contributed by atoms with E-state index in [4.69, 9.17) is 25.2 Å². The summed E-state index contributed by atoms with van der Waals surface area (Å²) in [5.41, 5.74) is 0.919. The van der Waals surface area contributed by atoms with Crippen LogP contribution < -0.4 is 4.74 Å². The van der Waals surface area contributed by atoms with E-state index < -0.39 is 12.1 Å². The zero-order chi connectivity index (χ0) is 19.4. The number of hydrogen-bond donors (Lipinski definition) is 0. The SMILES string of the molecule is COC(=O)c1ccc(CSc2nnc(C(C)Oc3ccc(Cl)cc3C)o2)o1. The Kier molecular flexibility index (Phi) is 6.08. The minimum Gasteiger partial charge on any atom is -0.481 e. The summed E-state index contributed by atoms with van der Waals surface area (Å²) in [7, 11) is 1.30. The number of nitrogens with zero attached hydrogens (tertiary/aromatic N) is 2. The third kappa shape index (κ3) is 4.84. The summed E-state index contributed by atoms with van der Waals surface area (Å²) in [6.45, 7) is 3.74. The Morgan fingerprint density at radius 3 is 2.81 bits per heavy atom. The van der Waals surface area contributed by atoms with Crippen molar-refractivity contribution in [2.75, 3.05) is 7.11 Å². The predicted octanol–water partition coefficient (Wildman–Crippen LogP) is 4.84. The van der Waals surface area contributed by atoms with E-state index in [2.05, 4.69) is 14.9 Å². The fourth-order valence-corrected chi connectivity index (χ4v) is 3.12.